The van der Waals surface area contributed by atoms with Gasteiger partial charge in [0, 0.05) is 13.2 Å². The van der Waals surface area contributed by atoms with Gasteiger partial charge in [0.2, 0.25) is 5.91 Å². The van der Waals surface area contributed by atoms with Crippen LogP contribution < -0.4 is 14.8 Å². The van der Waals surface area contributed by atoms with E-state index in [9.17, 15) is 4.79 Å². The van der Waals surface area contributed by atoms with Crippen molar-refractivity contribution in [2.24, 2.45) is 0 Å². The van der Waals surface area contributed by atoms with Crippen LogP contribution in [0.2, 0.25) is 5.02 Å². The van der Waals surface area contributed by atoms with Gasteiger partial charge in [-0.05, 0) is 24.1 Å². The van der Waals surface area contributed by atoms with Crippen LogP contribution in [0.15, 0.2) is 12.1 Å². The van der Waals surface area contributed by atoms with Crippen molar-refractivity contribution >= 4 is 17.5 Å². The van der Waals surface area contributed by atoms with E-state index < -0.39 is 0 Å². The van der Waals surface area contributed by atoms with Crippen LogP contribution in [0.5, 0.6) is 11.5 Å². The molecule has 0 aromatic heterocycles. The summed E-state index contributed by atoms with van der Waals surface area (Å²) in [6.07, 6.45) is 0.932. The van der Waals surface area contributed by atoms with E-state index in [0.717, 1.165) is 5.56 Å². The monoisotopic (exact) mass is 329 g/mol. The maximum atomic E-state index is 11.9. The molecule has 0 atom stereocenters. The molecule has 2 N–H and O–H groups in total. The van der Waals surface area contributed by atoms with Crippen LogP contribution >= 0.6 is 11.6 Å². The van der Waals surface area contributed by atoms with Gasteiger partial charge in [-0.15, -0.1) is 0 Å². The van der Waals surface area contributed by atoms with Gasteiger partial charge in [0.15, 0.2) is 11.5 Å². The van der Waals surface area contributed by atoms with Crippen molar-refractivity contribution < 1.29 is 24.1 Å². The molecule has 122 valence electrons. The minimum Gasteiger partial charge on any atom is -0.486 e. The molecule has 2 rings (SSSR count). The molecule has 6 nitrogen and oxygen atoms in total. The van der Waals surface area contributed by atoms with Crippen LogP contribution in [0.4, 0.5) is 0 Å². The van der Waals surface area contributed by atoms with Gasteiger partial charge in [-0.2, -0.15) is 0 Å². The number of benzene rings is 1. The molecule has 1 aromatic rings. The van der Waals surface area contributed by atoms with Crippen molar-refractivity contribution in [3.63, 3.8) is 0 Å². The second kappa shape index (κ2) is 8.82. The summed E-state index contributed by atoms with van der Waals surface area (Å²) < 4.78 is 16.0. The topological polar surface area (TPSA) is 77.0 Å². The number of halogens is 1. The lowest BCUT2D eigenvalue weighted by Gasteiger charge is -2.20. The first kappa shape index (κ1) is 16.9. The van der Waals surface area contributed by atoms with E-state index in [1.54, 1.807) is 12.1 Å². The zero-order valence-electron chi connectivity index (χ0n) is 12.3. The third-order valence-electron chi connectivity index (χ3n) is 3.04. The Morgan fingerprint density at radius 3 is 2.95 bits per heavy atom. The van der Waals surface area contributed by atoms with Crippen LogP contribution in [-0.2, 0) is 16.0 Å². The van der Waals surface area contributed by atoms with E-state index in [1.165, 1.54) is 0 Å². The van der Waals surface area contributed by atoms with Crippen molar-refractivity contribution in [3.8, 4) is 11.5 Å². The molecule has 22 heavy (non-hydrogen) atoms. The predicted octanol–water partition coefficient (Wildman–Crippen LogP) is 1.17. The molecule has 1 aromatic carbocycles. The Labute approximate surface area is 134 Å². The SMILES string of the molecule is O=C(Cc1cc(Cl)c2c(c1)OCCO2)NCCCOCCO. The van der Waals surface area contributed by atoms with Gasteiger partial charge in [0.05, 0.1) is 24.7 Å². The second-order valence-electron chi connectivity index (χ2n) is 4.82. The van der Waals surface area contributed by atoms with Crippen LogP contribution in [0.1, 0.15) is 12.0 Å². The van der Waals surface area contributed by atoms with E-state index in [1.807, 2.05) is 0 Å². The summed E-state index contributed by atoms with van der Waals surface area (Å²) >= 11 is 6.13. The predicted molar refractivity (Wildman–Crippen MR) is 81.7 cm³/mol. The van der Waals surface area contributed by atoms with Gasteiger partial charge in [-0.3, -0.25) is 4.79 Å². The van der Waals surface area contributed by atoms with Gasteiger partial charge in [-0.1, -0.05) is 11.6 Å². The third kappa shape index (κ3) is 5.05. The van der Waals surface area contributed by atoms with Crippen molar-refractivity contribution in [3.05, 3.63) is 22.7 Å². The summed E-state index contributed by atoms with van der Waals surface area (Å²) in [6.45, 7) is 2.33. The number of rotatable bonds is 8. The average molecular weight is 330 g/mol. The fourth-order valence-electron chi connectivity index (χ4n) is 2.08. The number of hydrogen-bond acceptors (Lipinski definition) is 5. The Kier molecular flexibility index (Phi) is 6.76. The second-order valence-corrected chi connectivity index (χ2v) is 5.23. The Morgan fingerprint density at radius 2 is 2.14 bits per heavy atom. The summed E-state index contributed by atoms with van der Waals surface area (Å²) in [5, 5.41) is 11.8. The van der Waals surface area contributed by atoms with Crippen LogP contribution in [0, 0.1) is 0 Å². The molecular formula is C15H20ClNO5. The largest absolute Gasteiger partial charge is 0.486 e. The number of hydrogen-bond donors (Lipinski definition) is 2. The molecule has 0 unspecified atom stereocenters. The molecule has 1 heterocycles. The number of fused-ring (bicyclic) bond motifs is 1. The lowest BCUT2D eigenvalue weighted by Crippen LogP contribution is -2.27. The minimum atomic E-state index is -0.0881. The Hall–Kier alpha value is -1.50. The van der Waals surface area contributed by atoms with Gasteiger partial charge < -0.3 is 24.6 Å². The van der Waals surface area contributed by atoms with Crippen molar-refractivity contribution in [1.82, 2.24) is 5.32 Å². The van der Waals surface area contributed by atoms with E-state index in [4.69, 9.17) is 30.9 Å². The Morgan fingerprint density at radius 1 is 1.32 bits per heavy atom. The Bertz CT molecular complexity index is 509. The zero-order chi connectivity index (χ0) is 15.8. The number of aliphatic hydroxyl groups excluding tert-OH is 1. The summed E-state index contributed by atoms with van der Waals surface area (Å²) in [5.41, 5.74) is 0.781. The van der Waals surface area contributed by atoms with Gasteiger partial charge in [-0.25, -0.2) is 0 Å². The molecule has 0 aliphatic carbocycles. The number of carbonyl (C=O) groups is 1. The summed E-state index contributed by atoms with van der Waals surface area (Å²) in [4.78, 5) is 11.9. The van der Waals surface area contributed by atoms with Crippen molar-refractivity contribution in [1.29, 1.82) is 0 Å². The quantitative estimate of drug-likeness (QED) is 0.700. The molecule has 0 saturated carbocycles. The van der Waals surface area contributed by atoms with E-state index >= 15 is 0 Å². The maximum absolute atomic E-state index is 11.9. The van der Waals surface area contributed by atoms with E-state index in [0.29, 0.717) is 55.9 Å². The Balaban J connectivity index is 1.78. The van der Waals surface area contributed by atoms with Crippen LogP contribution in [-0.4, -0.2) is 50.6 Å². The summed E-state index contributed by atoms with van der Waals surface area (Å²) in [6, 6.07) is 3.50. The highest BCUT2D eigenvalue weighted by Gasteiger charge is 2.17. The fraction of sp³-hybridized carbons (Fsp3) is 0.533. The average Bonchev–Trinajstić information content (AvgIpc) is 2.51. The number of nitrogens with one attached hydrogen (secondary N) is 1. The number of carbonyl (C=O) groups excluding carboxylic acids is 1. The highest BCUT2D eigenvalue weighted by Crippen LogP contribution is 2.38. The molecule has 0 fully saturated rings. The lowest BCUT2D eigenvalue weighted by atomic mass is 10.1. The number of aliphatic hydroxyl groups is 1. The van der Waals surface area contributed by atoms with Crippen LogP contribution in [0.25, 0.3) is 0 Å². The van der Waals surface area contributed by atoms with Gasteiger partial charge >= 0.3 is 0 Å². The normalized spacial score (nSPS) is 13.0. The fourth-order valence-corrected chi connectivity index (χ4v) is 2.37. The third-order valence-corrected chi connectivity index (χ3v) is 3.33. The standard InChI is InChI=1S/C15H20ClNO5/c16-12-8-11(9-13-15(12)22-7-6-21-13)10-14(19)17-2-1-4-20-5-3-18/h8-9,18H,1-7,10H2,(H,17,19). The molecule has 0 saturated heterocycles. The highest BCUT2D eigenvalue weighted by atomic mass is 35.5. The molecule has 0 bridgehead atoms. The van der Waals surface area contributed by atoms with Gasteiger partial charge in [0.1, 0.15) is 13.2 Å². The molecule has 1 aliphatic heterocycles. The lowest BCUT2D eigenvalue weighted by molar-refractivity contribution is -0.120. The first-order valence-electron chi connectivity index (χ1n) is 7.24. The van der Waals surface area contributed by atoms with Crippen molar-refractivity contribution in [2.75, 3.05) is 39.6 Å². The van der Waals surface area contributed by atoms with Crippen molar-refractivity contribution in [2.45, 2.75) is 12.8 Å². The van der Waals surface area contributed by atoms with Crippen LogP contribution in [0.3, 0.4) is 0 Å². The first-order valence-corrected chi connectivity index (χ1v) is 7.62. The number of ether oxygens (including phenoxy) is 3. The van der Waals surface area contributed by atoms with Gasteiger partial charge in [0.25, 0.3) is 0 Å². The first-order chi connectivity index (χ1) is 10.7. The molecular weight excluding hydrogens is 310 g/mol. The summed E-state index contributed by atoms with van der Waals surface area (Å²) in [5.74, 6) is 1.03. The smallest absolute Gasteiger partial charge is 0.224 e. The number of amides is 1. The maximum Gasteiger partial charge on any atom is 0.224 e. The van der Waals surface area contributed by atoms with E-state index in [2.05, 4.69) is 5.32 Å². The van der Waals surface area contributed by atoms with E-state index in [-0.39, 0.29) is 18.9 Å². The zero-order valence-corrected chi connectivity index (χ0v) is 13.0. The molecule has 0 spiro atoms. The summed E-state index contributed by atoms with van der Waals surface area (Å²) in [7, 11) is 0. The highest BCUT2D eigenvalue weighted by molar-refractivity contribution is 6.32. The molecule has 1 aliphatic rings. The molecule has 1 amide bonds. The molecule has 7 heteroatoms. The molecule has 0 radical (unpaired) electrons. The minimum absolute atomic E-state index is 0.0111.